The van der Waals surface area contributed by atoms with E-state index >= 15 is 0 Å². The first-order chi connectivity index (χ1) is 6.46. The quantitative estimate of drug-likeness (QED) is 0.776. The monoisotopic (exact) mass is 190 g/mol. The van der Waals surface area contributed by atoms with Gasteiger partial charge in [0.15, 0.2) is 0 Å². The van der Waals surface area contributed by atoms with Gasteiger partial charge in [0.1, 0.15) is 0 Å². The van der Waals surface area contributed by atoms with Crippen LogP contribution in [0.2, 0.25) is 0 Å². The predicted octanol–water partition coefficient (Wildman–Crippen LogP) is 2.16. The van der Waals surface area contributed by atoms with Crippen molar-refractivity contribution in [2.24, 2.45) is 5.73 Å². The van der Waals surface area contributed by atoms with Crippen LogP contribution in [0.4, 0.5) is 0 Å². The van der Waals surface area contributed by atoms with Gasteiger partial charge in [0, 0.05) is 22.8 Å². The maximum atomic E-state index is 6.25. The molecule has 0 aromatic carbocycles. The Bertz CT molecular complexity index is 334. The first-order valence-electron chi connectivity index (χ1n) is 5.18. The molecule has 1 saturated carbocycles. The van der Waals surface area contributed by atoms with Gasteiger partial charge < -0.3 is 5.73 Å². The maximum absolute atomic E-state index is 6.25. The van der Waals surface area contributed by atoms with Gasteiger partial charge in [-0.1, -0.05) is 19.9 Å². The summed E-state index contributed by atoms with van der Waals surface area (Å²) in [4.78, 5) is 4.48. The Labute approximate surface area is 85.5 Å². The van der Waals surface area contributed by atoms with Gasteiger partial charge in [-0.2, -0.15) is 0 Å². The summed E-state index contributed by atoms with van der Waals surface area (Å²) in [5.74, 6) is 0. The number of aryl methyl sites for hydroxylation is 1. The Balaban J connectivity index is 2.34. The lowest BCUT2D eigenvalue weighted by Gasteiger charge is -2.31. The topological polar surface area (TPSA) is 38.9 Å². The van der Waals surface area contributed by atoms with E-state index in [1.807, 2.05) is 6.20 Å². The molecule has 1 aliphatic rings. The summed E-state index contributed by atoms with van der Waals surface area (Å²) in [5.41, 5.74) is 8.55. The second-order valence-corrected chi connectivity index (χ2v) is 5.00. The molecule has 0 bridgehead atoms. The van der Waals surface area contributed by atoms with E-state index < -0.39 is 0 Å². The van der Waals surface area contributed by atoms with Crippen molar-refractivity contribution in [3.05, 3.63) is 29.6 Å². The lowest BCUT2D eigenvalue weighted by Crippen LogP contribution is -2.43. The summed E-state index contributed by atoms with van der Waals surface area (Å²) in [5, 5.41) is 0. The Hall–Kier alpha value is -0.890. The fourth-order valence-electron chi connectivity index (χ4n) is 1.85. The van der Waals surface area contributed by atoms with Crippen molar-refractivity contribution in [3.63, 3.8) is 0 Å². The normalized spacial score (nSPS) is 19.4. The van der Waals surface area contributed by atoms with Crippen LogP contribution in [0.5, 0.6) is 0 Å². The van der Waals surface area contributed by atoms with Crippen molar-refractivity contribution < 1.29 is 0 Å². The SMILES string of the molecule is Cc1ccc(C(C)(C)C2(N)CC2)nc1. The van der Waals surface area contributed by atoms with E-state index in [-0.39, 0.29) is 11.0 Å². The standard InChI is InChI=1S/C12H18N2/c1-9-4-5-10(14-8-9)11(2,3)12(13)6-7-12/h4-5,8H,6-7,13H2,1-3H3. The fourth-order valence-corrected chi connectivity index (χ4v) is 1.85. The molecule has 0 atom stereocenters. The summed E-state index contributed by atoms with van der Waals surface area (Å²) >= 11 is 0. The number of nitrogens with zero attached hydrogens (tertiary/aromatic N) is 1. The summed E-state index contributed by atoms with van der Waals surface area (Å²) in [6.07, 6.45) is 4.16. The number of nitrogens with two attached hydrogens (primary N) is 1. The zero-order valence-corrected chi connectivity index (χ0v) is 9.17. The summed E-state index contributed by atoms with van der Waals surface area (Å²) in [6.45, 7) is 6.44. The molecule has 2 nitrogen and oxygen atoms in total. The molecule has 1 aromatic rings. The van der Waals surface area contributed by atoms with Crippen LogP contribution in [-0.2, 0) is 5.41 Å². The minimum atomic E-state index is -0.0186. The molecular weight excluding hydrogens is 172 g/mol. The Morgan fingerprint density at radius 1 is 1.36 bits per heavy atom. The van der Waals surface area contributed by atoms with Crippen molar-refractivity contribution >= 4 is 0 Å². The Morgan fingerprint density at radius 2 is 2.00 bits per heavy atom. The smallest absolute Gasteiger partial charge is 0.0478 e. The van der Waals surface area contributed by atoms with Crippen molar-refractivity contribution in [2.75, 3.05) is 0 Å². The van der Waals surface area contributed by atoms with Crippen LogP contribution in [0, 0.1) is 6.92 Å². The third-order valence-electron chi connectivity index (χ3n) is 3.59. The molecule has 0 amide bonds. The van der Waals surface area contributed by atoms with Crippen molar-refractivity contribution in [2.45, 2.75) is 44.6 Å². The van der Waals surface area contributed by atoms with Crippen LogP contribution in [0.1, 0.15) is 37.9 Å². The third-order valence-corrected chi connectivity index (χ3v) is 3.59. The molecule has 0 saturated heterocycles. The average Bonchev–Trinajstić information content (AvgIpc) is 2.86. The second kappa shape index (κ2) is 2.80. The maximum Gasteiger partial charge on any atom is 0.0478 e. The number of aromatic nitrogens is 1. The highest BCUT2D eigenvalue weighted by atomic mass is 14.9. The van der Waals surface area contributed by atoms with E-state index in [0.717, 1.165) is 18.5 Å². The van der Waals surface area contributed by atoms with Crippen LogP contribution in [0.15, 0.2) is 18.3 Å². The molecule has 1 heterocycles. The highest BCUT2D eigenvalue weighted by molar-refractivity contribution is 5.28. The van der Waals surface area contributed by atoms with Gasteiger partial charge in [-0.25, -0.2) is 0 Å². The van der Waals surface area contributed by atoms with Crippen LogP contribution in [0.3, 0.4) is 0 Å². The van der Waals surface area contributed by atoms with Gasteiger partial charge in [0.25, 0.3) is 0 Å². The van der Waals surface area contributed by atoms with Crippen molar-refractivity contribution in [1.29, 1.82) is 0 Å². The van der Waals surface area contributed by atoms with Crippen LogP contribution in [0.25, 0.3) is 0 Å². The highest BCUT2D eigenvalue weighted by Crippen LogP contribution is 2.48. The van der Waals surface area contributed by atoms with Crippen molar-refractivity contribution in [1.82, 2.24) is 4.98 Å². The molecule has 1 fully saturated rings. The van der Waals surface area contributed by atoms with Gasteiger partial charge in [0.05, 0.1) is 0 Å². The molecule has 14 heavy (non-hydrogen) atoms. The lowest BCUT2D eigenvalue weighted by atomic mass is 9.79. The molecule has 76 valence electrons. The second-order valence-electron chi connectivity index (χ2n) is 5.00. The van der Waals surface area contributed by atoms with Crippen LogP contribution in [-0.4, -0.2) is 10.5 Å². The van der Waals surface area contributed by atoms with E-state index in [2.05, 4.69) is 37.9 Å². The average molecular weight is 190 g/mol. The van der Waals surface area contributed by atoms with E-state index in [1.165, 1.54) is 5.56 Å². The first-order valence-corrected chi connectivity index (χ1v) is 5.18. The molecular formula is C12H18N2. The third kappa shape index (κ3) is 1.34. The van der Waals surface area contributed by atoms with Crippen LogP contribution < -0.4 is 5.73 Å². The summed E-state index contributed by atoms with van der Waals surface area (Å²) in [7, 11) is 0. The van der Waals surface area contributed by atoms with Gasteiger partial charge in [0.2, 0.25) is 0 Å². The molecule has 2 heteroatoms. The molecule has 0 aliphatic heterocycles. The van der Waals surface area contributed by atoms with E-state index in [0.29, 0.717) is 0 Å². The fraction of sp³-hybridized carbons (Fsp3) is 0.583. The van der Waals surface area contributed by atoms with E-state index in [1.54, 1.807) is 0 Å². The zero-order chi connectivity index (χ0) is 10.4. The molecule has 1 aliphatic carbocycles. The molecule has 2 rings (SSSR count). The summed E-state index contributed by atoms with van der Waals surface area (Å²) in [6, 6.07) is 4.21. The lowest BCUT2D eigenvalue weighted by molar-refractivity contribution is 0.381. The number of rotatable bonds is 2. The van der Waals surface area contributed by atoms with Gasteiger partial charge >= 0.3 is 0 Å². The molecule has 2 N–H and O–H groups in total. The number of hydrogen-bond donors (Lipinski definition) is 1. The van der Waals surface area contributed by atoms with Gasteiger partial charge in [-0.3, -0.25) is 4.98 Å². The van der Waals surface area contributed by atoms with E-state index in [9.17, 15) is 0 Å². The minimum Gasteiger partial charge on any atom is -0.324 e. The predicted molar refractivity (Wildman–Crippen MR) is 58.2 cm³/mol. The minimum absolute atomic E-state index is 0.000694. The first kappa shape index (κ1) is 9.66. The van der Waals surface area contributed by atoms with Crippen molar-refractivity contribution in [3.8, 4) is 0 Å². The highest BCUT2D eigenvalue weighted by Gasteiger charge is 2.52. The Kier molecular flexibility index (Phi) is 1.93. The Morgan fingerprint density at radius 3 is 2.43 bits per heavy atom. The van der Waals surface area contributed by atoms with E-state index in [4.69, 9.17) is 5.73 Å². The largest absolute Gasteiger partial charge is 0.324 e. The number of pyridine rings is 1. The zero-order valence-electron chi connectivity index (χ0n) is 9.17. The molecule has 0 radical (unpaired) electrons. The molecule has 1 aromatic heterocycles. The summed E-state index contributed by atoms with van der Waals surface area (Å²) < 4.78 is 0. The molecule has 0 spiro atoms. The van der Waals surface area contributed by atoms with Gasteiger partial charge in [-0.15, -0.1) is 0 Å². The van der Waals surface area contributed by atoms with Gasteiger partial charge in [-0.05, 0) is 31.4 Å². The van der Waals surface area contributed by atoms with Crippen LogP contribution >= 0.6 is 0 Å². The molecule has 0 unspecified atom stereocenters. The number of hydrogen-bond acceptors (Lipinski definition) is 2.